The van der Waals surface area contributed by atoms with E-state index in [-0.39, 0.29) is 6.54 Å². The van der Waals surface area contributed by atoms with E-state index in [0.717, 1.165) is 0 Å². The summed E-state index contributed by atoms with van der Waals surface area (Å²) in [5.41, 5.74) is 5.41. The van der Waals surface area contributed by atoms with Gasteiger partial charge in [0.05, 0.1) is 13.2 Å². The molecule has 0 spiro atoms. The summed E-state index contributed by atoms with van der Waals surface area (Å²) in [5, 5.41) is 8.94. The molecule has 0 bridgehead atoms. The van der Waals surface area contributed by atoms with Crippen LogP contribution in [0.15, 0.2) is 0 Å². The van der Waals surface area contributed by atoms with Crippen molar-refractivity contribution in [2.75, 3.05) is 47.1 Å². The molecule has 0 radical (unpaired) electrons. The molecule has 1 atom stereocenters. The molecule has 0 aliphatic carbocycles. The number of hydrogen-bond acceptors (Lipinski definition) is 5. The first-order valence-corrected chi connectivity index (χ1v) is 4.82. The fourth-order valence-corrected chi connectivity index (χ4v) is 1.25. The Balaban J connectivity index is 4.22. The van der Waals surface area contributed by atoms with Gasteiger partial charge in [0, 0.05) is 33.9 Å². The highest BCUT2D eigenvalue weighted by atomic mass is 16.5. The third-order valence-corrected chi connectivity index (χ3v) is 2.11. The Morgan fingerprint density at radius 1 is 1.33 bits per heavy atom. The van der Waals surface area contributed by atoms with Gasteiger partial charge in [-0.1, -0.05) is 0 Å². The molecule has 3 N–H and O–H groups in total. The molecule has 15 heavy (non-hydrogen) atoms. The van der Waals surface area contributed by atoms with Crippen LogP contribution in [0, 0.1) is 0 Å². The highest BCUT2D eigenvalue weighted by molar-refractivity contribution is 5.73. The lowest BCUT2D eigenvalue weighted by Gasteiger charge is -2.27. The molecule has 0 aromatic heterocycles. The minimum atomic E-state index is -0.912. The SMILES string of the molecule is COCCN(CCOC)C(CN)C(=O)O. The fraction of sp³-hybridized carbons (Fsp3) is 0.889. The van der Waals surface area contributed by atoms with E-state index in [1.54, 1.807) is 19.1 Å². The first kappa shape index (κ1) is 14.3. The quantitative estimate of drug-likeness (QED) is 0.518. The average molecular weight is 220 g/mol. The molecule has 90 valence electrons. The number of nitrogens with zero attached hydrogens (tertiary/aromatic N) is 1. The summed E-state index contributed by atoms with van der Waals surface area (Å²) in [6.07, 6.45) is 0. The average Bonchev–Trinajstić information content (AvgIpc) is 2.21. The number of rotatable bonds is 9. The van der Waals surface area contributed by atoms with E-state index in [4.69, 9.17) is 20.3 Å². The van der Waals surface area contributed by atoms with Crippen molar-refractivity contribution in [2.45, 2.75) is 6.04 Å². The van der Waals surface area contributed by atoms with Gasteiger partial charge in [0.1, 0.15) is 6.04 Å². The Labute approximate surface area is 89.9 Å². The predicted octanol–water partition coefficient (Wildman–Crippen LogP) is -1.01. The van der Waals surface area contributed by atoms with Crippen molar-refractivity contribution in [1.29, 1.82) is 0 Å². The van der Waals surface area contributed by atoms with Crippen molar-refractivity contribution >= 4 is 5.97 Å². The zero-order valence-electron chi connectivity index (χ0n) is 9.31. The second kappa shape index (κ2) is 8.60. The number of carbonyl (C=O) groups is 1. The van der Waals surface area contributed by atoms with E-state index in [1.165, 1.54) is 0 Å². The predicted molar refractivity (Wildman–Crippen MR) is 55.8 cm³/mol. The first-order chi connectivity index (χ1) is 7.17. The van der Waals surface area contributed by atoms with Gasteiger partial charge in [0.2, 0.25) is 0 Å². The molecule has 0 aliphatic rings. The Morgan fingerprint density at radius 3 is 2.07 bits per heavy atom. The van der Waals surface area contributed by atoms with E-state index >= 15 is 0 Å². The van der Waals surface area contributed by atoms with Crippen LogP contribution in [0.4, 0.5) is 0 Å². The van der Waals surface area contributed by atoms with Gasteiger partial charge in [-0.25, -0.2) is 0 Å². The smallest absolute Gasteiger partial charge is 0.322 e. The van der Waals surface area contributed by atoms with Crippen molar-refractivity contribution in [3.05, 3.63) is 0 Å². The summed E-state index contributed by atoms with van der Waals surface area (Å²) in [6, 6.07) is -0.671. The highest BCUT2D eigenvalue weighted by Gasteiger charge is 2.23. The van der Waals surface area contributed by atoms with Gasteiger partial charge in [-0.05, 0) is 0 Å². The summed E-state index contributed by atoms with van der Waals surface area (Å²) in [7, 11) is 3.15. The van der Waals surface area contributed by atoms with E-state index in [0.29, 0.717) is 26.3 Å². The molecule has 0 fully saturated rings. The van der Waals surface area contributed by atoms with Crippen LogP contribution in [0.2, 0.25) is 0 Å². The molecule has 0 amide bonds. The van der Waals surface area contributed by atoms with Gasteiger partial charge < -0.3 is 20.3 Å². The lowest BCUT2D eigenvalue weighted by Crippen LogP contribution is -2.48. The molecule has 0 saturated heterocycles. The molecular formula is C9H20N2O4. The maximum atomic E-state index is 10.9. The van der Waals surface area contributed by atoms with E-state index in [9.17, 15) is 4.79 Å². The van der Waals surface area contributed by atoms with Gasteiger partial charge in [-0.2, -0.15) is 0 Å². The van der Waals surface area contributed by atoms with E-state index in [1.807, 2.05) is 0 Å². The number of nitrogens with two attached hydrogens (primary N) is 1. The highest BCUT2D eigenvalue weighted by Crippen LogP contribution is 1.98. The number of ether oxygens (including phenoxy) is 2. The number of carboxylic acids is 1. The van der Waals surface area contributed by atoms with Gasteiger partial charge in [0.25, 0.3) is 0 Å². The molecule has 0 aliphatic heterocycles. The van der Waals surface area contributed by atoms with Crippen molar-refractivity contribution in [3.8, 4) is 0 Å². The maximum absolute atomic E-state index is 10.9. The number of hydrogen-bond donors (Lipinski definition) is 2. The minimum absolute atomic E-state index is 0.0861. The Kier molecular flexibility index (Phi) is 8.21. The van der Waals surface area contributed by atoms with E-state index < -0.39 is 12.0 Å². The number of aliphatic carboxylic acids is 1. The first-order valence-electron chi connectivity index (χ1n) is 4.82. The fourth-order valence-electron chi connectivity index (χ4n) is 1.25. The summed E-state index contributed by atoms with van der Waals surface area (Å²) in [5.74, 6) is -0.912. The molecule has 0 aromatic carbocycles. The Bertz CT molecular complexity index is 169. The van der Waals surface area contributed by atoms with Gasteiger partial charge in [-0.15, -0.1) is 0 Å². The summed E-state index contributed by atoms with van der Waals surface area (Å²) < 4.78 is 9.82. The van der Waals surface area contributed by atoms with Gasteiger partial charge in [0.15, 0.2) is 0 Å². The molecule has 0 saturated carbocycles. The second-order valence-electron chi connectivity index (χ2n) is 3.11. The molecule has 6 heteroatoms. The van der Waals surface area contributed by atoms with Crippen LogP contribution in [0.25, 0.3) is 0 Å². The van der Waals surface area contributed by atoms with Gasteiger partial charge >= 0.3 is 5.97 Å². The van der Waals surface area contributed by atoms with Crippen LogP contribution >= 0.6 is 0 Å². The third kappa shape index (κ3) is 5.68. The van der Waals surface area contributed by atoms with Crippen LogP contribution < -0.4 is 5.73 Å². The van der Waals surface area contributed by atoms with Crippen LogP contribution in [0.5, 0.6) is 0 Å². The monoisotopic (exact) mass is 220 g/mol. The van der Waals surface area contributed by atoms with Crippen LogP contribution in [0.1, 0.15) is 0 Å². The number of methoxy groups -OCH3 is 2. The Morgan fingerprint density at radius 2 is 1.80 bits per heavy atom. The lowest BCUT2D eigenvalue weighted by atomic mass is 10.2. The lowest BCUT2D eigenvalue weighted by molar-refractivity contribution is -0.143. The Hall–Kier alpha value is -0.690. The van der Waals surface area contributed by atoms with Crippen molar-refractivity contribution in [3.63, 3.8) is 0 Å². The van der Waals surface area contributed by atoms with Crippen LogP contribution in [0.3, 0.4) is 0 Å². The maximum Gasteiger partial charge on any atom is 0.322 e. The standard InChI is InChI=1S/C9H20N2O4/c1-14-5-3-11(4-6-15-2)8(7-10)9(12)13/h8H,3-7,10H2,1-2H3,(H,12,13). The van der Waals surface area contributed by atoms with Crippen molar-refractivity contribution in [2.24, 2.45) is 5.73 Å². The molecular weight excluding hydrogens is 200 g/mol. The molecule has 1 unspecified atom stereocenters. The molecule has 0 aromatic rings. The zero-order chi connectivity index (χ0) is 11.7. The largest absolute Gasteiger partial charge is 0.480 e. The summed E-state index contributed by atoms with van der Waals surface area (Å²) >= 11 is 0. The topological polar surface area (TPSA) is 85.0 Å². The molecule has 0 heterocycles. The normalized spacial score (nSPS) is 13.1. The van der Waals surface area contributed by atoms with E-state index in [2.05, 4.69) is 0 Å². The third-order valence-electron chi connectivity index (χ3n) is 2.11. The summed E-state index contributed by atoms with van der Waals surface area (Å²) in [6.45, 7) is 2.12. The van der Waals surface area contributed by atoms with Crippen molar-refractivity contribution < 1.29 is 19.4 Å². The second-order valence-corrected chi connectivity index (χ2v) is 3.11. The van der Waals surface area contributed by atoms with Crippen molar-refractivity contribution in [1.82, 2.24) is 4.90 Å². The van der Waals surface area contributed by atoms with Crippen LogP contribution in [-0.4, -0.2) is 69.1 Å². The van der Waals surface area contributed by atoms with Crippen LogP contribution in [-0.2, 0) is 14.3 Å². The number of carboxylic acid groups (broad SMARTS) is 1. The molecule has 0 rings (SSSR count). The minimum Gasteiger partial charge on any atom is -0.480 e. The zero-order valence-corrected chi connectivity index (χ0v) is 9.31. The molecule has 6 nitrogen and oxygen atoms in total. The summed E-state index contributed by atoms with van der Waals surface area (Å²) in [4.78, 5) is 12.6. The van der Waals surface area contributed by atoms with Gasteiger partial charge in [-0.3, -0.25) is 9.69 Å².